The molecule has 1 fully saturated rings. The molecule has 1 aliphatic carbocycles. The summed E-state index contributed by atoms with van der Waals surface area (Å²) < 4.78 is 1.04. The lowest BCUT2D eigenvalue weighted by atomic mass is 10.1. The summed E-state index contributed by atoms with van der Waals surface area (Å²) in [6, 6.07) is 6.92. The molecule has 2 nitrogen and oxygen atoms in total. The van der Waals surface area contributed by atoms with E-state index in [9.17, 15) is 5.11 Å². The lowest BCUT2D eigenvalue weighted by Gasteiger charge is -2.27. The number of benzene rings is 1. The smallest absolute Gasteiger partial charge is 0.0702 e. The van der Waals surface area contributed by atoms with Crippen LogP contribution in [0.2, 0.25) is 0 Å². The van der Waals surface area contributed by atoms with E-state index in [1.165, 1.54) is 24.9 Å². The van der Waals surface area contributed by atoms with Gasteiger partial charge in [0.2, 0.25) is 0 Å². The number of rotatable bonds is 6. The van der Waals surface area contributed by atoms with Gasteiger partial charge in [0.1, 0.15) is 0 Å². The number of nitrogens with zero attached hydrogens (tertiary/aromatic N) is 1. The molecule has 1 saturated carbocycles. The molecule has 0 aliphatic heterocycles. The molecule has 18 heavy (non-hydrogen) atoms. The zero-order valence-corrected chi connectivity index (χ0v) is 12.8. The molecule has 0 radical (unpaired) electrons. The number of hydrogen-bond donors (Lipinski definition) is 1. The van der Waals surface area contributed by atoms with Gasteiger partial charge in [-0.05, 0) is 43.4 Å². The number of aliphatic hydroxyl groups is 1. The van der Waals surface area contributed by atoms with Gasteiger partial charge in [0.05, 0.1) is 6.61 Å². The lowest BCUT2D eigenvalue weighted by molar-refractivity contribution is 0.282. The van der Waals surface area contributed by atoms with Crippen LogP contribution in [0, 0.1) is 5.92 Å². The molecule has 0 saturated heterocycles. The maximum atomic E-state index is 9.52. The minimum absolute atomic E-state index is 0.111. The molecule has 0 atom stereocenters. The third kappa shape index (κ3) is 3.48. The number of halogens is 1. The van der Waals surface area contributed by atoms with Gasteiger partial charge in [0.15, 0.2) is 0 Å². The highest BCUT2D eigenvalue weighted by molar-refractivity contribution is 9.10. The minimum Gasteiger partial charge on any atom is -0.392 e. The molecule has 1 N–H and O–H groups in total. The maximum Gasteiger partial charge on any atom is 0.0702 e. The Morgan fingerprint density at radius 2 is 2.11 bits per heavy atom. The fourth-order valence-corrected chi connectivity index (χ4v) is 2.65. The first-order chi connectivity index (χ1) is 8.61. The summed E-state index contributed by atoms with van der Waals surface area (Å²) in [7, 11) is 0. The van der Waals surface area contributed by atoms with E-state index in [-0.39, 0.29) is 6.61 Å². The molecule has 0 spiro atoms. The first-order valence-electron chi connectivity index (χ1n) is 6.77. The Bertz CT molecular complexity index is 401. The van der Waals surface area contributed by atoms with Crippen LogP contribution >= 0.6 is 15.9 Å². The highest BCUT2D eigenvalue weighted by atomic mass is 79.9. The molecule has 3 heteroatoms. The van der Waals surface area contributed by atoms with Crippen LogP contribution in [0.15, 0.2) is 22.7 Å². The maximum absolute atomic E-state index is 9.52. The molecule has 1 aliphatic rings. The molecule has 0 heterocycles. The van der Waals surface area contributed by atoms with E-state index in [4.69, 9.17) is 0 Å². The van der Waals surface area contributed by atoms with Crippen molar-refractivity contribution in [3.8, 4) is 0 Å². The average molecular weight is 312 g/mol. The first kappa shape index (κ1) is 13.9. The van der Waals surface area contributed by atoms with Gasteiger partial charge in [-0.2, -0.15) is 0 Å². The van der Waals surface area contributed by atoms with Crippen molar-refractivity contribution < 1.29 is 5.11 Å². The summed E-state index contributed by atoms with van der Waals surface area (Å²) in [5.41, 5.74) is 2.24. The van der Waals surface area contributed by atoms with Gasteiger partial charge in [0, 0.05) is 28.3 Å². The number of aliphatic hydroxyl groups excluding tert-OH is 1. The Morgan fingerprint density at radius 1 is 1.39 bits per heavy atom. The molecule has 0 amide bonds. The number of anilines is 1. The highest BCUT2D eigenvalue weighted by Gasteiger charge is 2.30. The molecule has 0 bridgehead atoms. The first-order valence-corrected chi connectivity index (χ1v) is 7.57. The van der Waals surface area contributed by atoms with Crippen molar-refractivity contribution >= 4 is 21.6 Å². The van der Waals surface area contributed by atoms with Crippen molar-refractivity contribution in [3.63, 3.8) is 0 Å². The Kier molecular flexibility index (Phi) is 4.68. The average Bonchev–Trinajstić information content (AvgIpc) is 3.15. The summed E-state index contributed by atoms with van der Waals surface area (Å²) >= 11 is 3.47. The van der Waals surface area contributed by atoms with Crippen LogP contribution in [0.3, 0.4) is 0 Å². The second-order valence-electron chi connectivity index (χ2n) is 5.54. The quantitative estimate of drug-likeness (QED) is 0.859. The van der Waals surface area contributed by atoms with Gasteiger partial charge < -0.3 is 10.0 Å². The van der Waals surface area contributed by atoms with Crippen molar-refractivity contribution in [2.24, 2.45) is 5.92 Å². The van der Waals surface area contributed by atoms with Crippen LogP contribution < -0.4 is 4.90 Å². The van der Waals surface area contributed by atoms with Crippen LogP contribution in [0.4, 0.5) is 5.69 Å². The topological polar surface area (TPSA) is 23.5 Å². The van der Waals surface area contributed by atoms with Crippen LogP contribution in [0.5, 0.6) is 0 Å². The third-order valence-corrected chi connectivity index (χ3v) is 3.95. The fourth-order valence-electron chi connectivity index (χ4n) is 2.24. The van der Waals surface area contributed by atoms with Crippen molar-refractivity contribution in [2.75, 3.05) is 11.4 Å². The molecule has 2 rings (SSSR count). The fraction of sp³-hybridized carbons (Fsp3) is 0.600. The minimum atomic E-state index is 0.111. The zero-order chi connectivity index (χ0) is 13.1. The Morgan fingerprint density at radius 3 is 2.67 bits per heavy atom. The summed E-state index contributed by atoms with van der Waals surface area (Å²) in [5.74, 6) is 0.722. The van der Waals surface area contributed by atoms with Crippen LogP contribution in [-0.4, -0.2) is 17.7 Å². The molecule has 100 valence electrons. The van der Waals surface area contributed by atoms with E-state index < -0.39 is 0 Å². The van der Waals surface area contributed by atoms with E-state index in [1.807, 2.05) is 6.07 Å². The lowest BCUT2D eigenvalue weighted by Crippen LogP contribution is -2.28. The molecular formula is C15H22BrNO. The second kappa shape index (κ2) is 6.07. The van der Waals surface area contributed by atoms with Crippen molar-refractivity contribution in [1.29, 1.82) is 0 Å². The Hall–Kier alpha value is -0.540. The molecule has 1 aromatic carbocycles. The second-order valence-corrected chi connectivity index (χ2v) is 6.45. The van der Waals surface area contributed by atoms with Gasteiger partial charge in [-0.25, -0.2) is 0 Å². The largest absolute Gasteiger partial charge is 0.392 e. The van der Waals surface area contributed by atoms with Crippen LogP contribution in [0.1, 0.15) is 38.7 Å². The zero-order valence-electron chi connectivity index (χ0n) is 11.2. The summed E-state index contributed by atoms with van der Waals surface area (Å²) in [5, 5.41) is 9.52. The van der Waals surface area contributed by atoms with Gasteiger partial charge in [-0.15, -0.1) is 0 Å². The van der Waals surface area contributed by atoms with E-state index in [0.717, 1.165) is 22.5 Å². The van der Waals surface area contributed by atoms with E-state index in [2.05, 4.69) is 46.8 Å². The molecule has 1 aromatic rings. The van der Waals surface area contributed by atoms with Crippen molar-refractivity contribution in [1.82, 2.24) is 0 Å². The molecule has 0 aromatic heterocycles. The van der Waals surface area contributed by atoms with E-state index >= 15 is 0 Å². The molecular weight excluding hydrogens is 290 g/mol. The van der Waals surface area contributed by atoms with E-state index in [1.54, 1.807) is 0 Å². The monoisotopic (exact) mass is 311 g/mol. The Balaban J connectivity index is 2.19. The van der Waals surface area contributed by atoms with Crippen molar-refractivity contribution in [3.05, 3.63) is 28.2 Å². The van der Waals surface area contributed by atoms with Gasteiger partial charge in [-0.3, -0.25) is 0 Å². The SMILES string of the molecule is CC(C)CCN(c1ccc(Br)cc1CO)C1CC1. The van der Waals surface area contributed by atoms with Crippen LogP contribution in [-0.2, 0) is 6.61 Å². The Labute approximate surface area is 118 Å². The predicted molar refractivity (Wildman–Crippen MR) is 79.9 cm³/mol. The van der Waals surface area contributed by atoms with Gasteiger partial charge >= 0.3 is 0 Å². The van der Waals surface area contributed by atoms with E-state index in [0.29, 0.717) is 6.04 Å². The van der Waals surface area contributed by atoms with Gasteiger partial charge in [0.25, 0.3) is 0 Å². The number of hydrogen-bond acceptors (Lipinski definition) is 2. The summed E-state index contributed by atoms with van der Waals surface area (Å²) in [4.78, 5) is 2.48. The van der Waals surface area contributed by atoms with Crippen LogP contribution in [0.25, 0.3) is 0 Å². The predicted octanol–water partition coefficient (Wildman–Crippen LogP) is 3.96. The standard InChI is InChI=1S/C15H22BrNO/c1-11(2)7-8-17(14-4-5-14)15-6-3-13(16)9-12(15)10-18/h3,6,9,11,14,18H,4-5,7-8,10H2,1-2H3. The third-order valence-electron chi connectivity index (χ3n) is 3.46. The van der Waals surface area contributed by atoms with Gasteiger partial charge in [-0.1, -0.05) is 29.8 Å². The van der Waals surface area contributed by atoms with Crippen molar-refractivity contribution in [2.45, 2.75) is 45.8 Å². The summed E-state index contributed by atoms with van der Waals surface area (Å²) in [6.07, 6.45) is 3.79. The highest BCUT2D eigenvalue weighted by Crippen LogP contribution is 2.35. The molecule has 0 unspecified atom stereocenters. The normalized spacial score (nSPS) is 15.2. The summed E-state index contributed by atoms with van der Waals surface area (Å²) in [6.45, 7) is 5.73.